The van der Waals surface area contributed by atoms with Crippen LogP contribution in [-0.2, 0) is 0 Å². The summed E-state index contributed by atoms with van der Waals surface area (Å²) in [7, 11) is 0. The molecule has 1 saturated heterocycles. The summed E-state index contributed by atoms with van der Waals surface area (Å²) in [5.74, 6) is -1.16. The van der Waals surface area contributed by atoms with Crippen molar-refractivity contribution in [2.75, 3.05) is 13.1 Å². The molecule has 1 heterocycles. The molecule has 2 N–H and O–H groups in total. The summed E-state index contributed by atoms with van der Waals surface area (Å²) in [6.07, 6.45) is 1.05. The maximum Gasteiger partial charge on any atom is 0.398 e. The van der Waals surface area contributed by atoms with E-state index in [9.17, 15) is 13.2 Å². The summed E-state index contributed by atoms with van der Waals surface area (Å²) in [5.41, 5.74) is 6.92. The maximum absolute atomic E-state index is 13.0. The SMILES string of the molecule is CC1CN(C2=CC(C(F)(F)F)C=CC=C2N)CC1(C)C. The van der Waals surface area contributed by atoms with Crippen molar-refractivity contribution >= 4 is 0 Å². The Balaban J connectivity index is 2.31. The minimum absolute atomic E-state index is 0.0780. The maximum atomic E-state index is 13.0. The van der Waals surface area contributed by atoms with E-state index >= 15 is 0 Å². The molecule has 2 rings (SSSR count). The van der Waals surface area contributed by atoms with E-state index in [0.717, 1.165) is 19.2 Å². The Morgan fingerprint density at radius 3 is 2.50 bits per heavy atom. The van der Waals surface area contributed by atoms with Crippen LogP contribution in [0.2, 0.25) is 0 Å². The molecule has 2 aliphatic rings. The zero-order valence-corrected chi connectivity index (χ0v) is 12.0. The third kappa shape index (κ3) is 2.86. The van der Waals surface area contributed by atoms with Crippen LogP contribution in [0.25, 0.3) is 0 Å². The Hall–Kier alpha value is -1.39. The zero-order chi connectivity index (χ0) is 15.1. The van der Waals surface area contributed by atoms with Crippen molar-refractivity contribution in [1.82, 2.24) is 4.90 Å². The van der Waals surface area contributed by atoms with Crippen LogP contribution in [0.15, 0.2) is 35.7 Å². The van der Waals surface area contributed by atoms with E-state index in [2.05, 4.69) is 20.8 Å². The molecule has 20 heavy (non-hydrogen) atoms. The lowest BCUT2D eigenvalue weighted by molar-refractivity contribution is -0.149. The monoisotopic (exact) mass is 286 g/mol. The van der Waals surface area contributed by atoms with Crippen LogP contribution in [0, 0.1) is 17.3 Å². The predicted octanol–water partition coefficient (Wildman–Crippen LogP) is 3.44. The van der Waals surface area contributed by atoms with E-state index in [1.807, 2.05) is 4.90 Å². The molecule has 0 bridgehead atoms. The third-order valence-electron chi connectivity index (χ3n) is 4.37. The first-order valence-electron chi connectivity index (χ1n) is 6.79. The van der Waals surface area contributed by atoms with E-state index in [4.69, 9.17) is 5.73 Å². The molecule has 5 heteroatoms. The number of hydrogen-bond donors (Lipinski definition) is 1. The van der Waals surface area contributed by atoms with Gasteiger partial charge in [0.05, 0.1) is 17.3 Å². The van der Waals surface area contributed by atoms with Gasteiger partial charge in [-0.05, 0) is 23.5 Å². The van der Waals surface area contributed by atoms with Gasteiger partial charge in [-0.15, -0.1) is 0 Å². The molecule has 0 aromatic heterocycles. The summed E-state index contributed by atoms with van der Waals surface area (Å²) in [6.45, 7) is 7.84. The summed E-state index contributed by atoms with van der Waals surface area (Å²) < 4.78 is 38.9. The molecule has 1 aliphatic heterocycles. The molecule has 1 fully saturated rings. The van der Waals surface area contributed by atoms with Gasteiger partial charge in [0.25, 0.3) is 0 Å². The second-order valence-corrected chi connectivity index (χ2v) is 6.40. The van der Waals surface area contributed by atoms with E-state index in [1.165, 1.54) is 12.2 Å². The van der Waals surface area contributed by atoms with Crippen molar-refractivity contribution in [2.45, 2.75) is 26.9 Å². The molecular formula is C15H21F3N2. The van der Waals surface area contributed by atoms with Crippen LogP contribution < -0.4 is 5.73 Å². The van der Waals surface area contributed by atoms with E-state index in [1.54, 1.807) is 6.08 Å². The number of allylic oxidation sites excluding steroid dienone is 4. The predicted molar refractivity (Wildman–Crippen MR) is 73.6 cm³/mol. The number of halogens is 3. The number of rotatable bonds is 1. The molecule has 0 saturated carbocycles. The van der Waals surface area contributed by atoms with Gasteiger partial charge in [-0.25, -0.2) is 0 Å². The molecule has 0 aromatic rings. The number of nitrogens with zero attached hydrogens (tertiary/aromatic N) is 1. The van der Waals surface area contributed by atoms with Gasteiger partial charge in [-0.1, -0.05) is 32.9 Å². The van der Waals surface area contributed by atoms with Gasteiger partial charge in [0.2, 0.25) is 0 Å². The van der Waals surface area contributed by atoms with Gasteiger partial charge in [0.1, 0.15) is 0 Å². The number of nitrogens with two attached hydrogens (primary N) is 1. The second-order valence-electron chi connectivity index (χ2n) is 6.40. The Bertz CT molecular complexity index is 472. The molecule has 0 radical (unpaired) electrons. The average Bonchev–Trinajstić information content (AvgIpc) is 2.48. The summed E-state index contributed by atoms with van der Waals surface area (Å²) >= 11 is 0. The van der Waals surface area contributed by atoms with E-state index < -0.39 is 12.1 Å². The largest absolute Gasteiger partial charge is 0.398 e. The standard InChI is InChI=1S/C15H21F3N2/c1-10-8-20(9-14(10,2)3)13-7-11(15(16,17)18)5-4-6-12(13)19/h4-7,10-11H,8-9,19H2,1-3H3. The molecule has 0 spiro atoms. The fourth-order valence-electron chi connectivity index (χ4n) is 2.65. The Labute approximate surface area is 117 Å². The molecule has 112 valence electrons. The van der Waals surface area contributed by atoms with Gasteiger partial charge in [0, 0.05) is 13.1 Å². The van der Waals surface area contributed by atoms with Crippen LogP contribution >= 0.6 is 0 Å². The summed E-state index contributed by atoms with van der Waals surface area (Å²) in [5, 5.41) is 0. The summed E-state index contributed by atoms with van der Waals surface area (Å²) in [6, 6.07) is 0. The molecule has 2 atom stereocenters. The fourth-order valence-corrected chi connectivity index (χ4v) is 2.65. The molecule has 1 aliphatic carbocycles. The van der Waals surface area contributed by atoms with Crippen molar-refractivity contribution < 1.29 is 13.2 Å². The van der Waals surface area contributed by atoms with E-state index in [-0.39, 0.29) is 5.41 Å². The van der Waals surface area contributed by atoms with Gasteiger partial charge in [-0.2, -0.15) is 13.2 Å². The van der Waals surface area contributed by atoms with E-state index in [0.29, 0.717) is 17.3 Å². The number of alkyl halides is 3. The number of likely N-dealkylation sites (tertiary alicyclic amines) is 1. The minimum atomic E-state index is -4.28. The highest BCUT2D eigenvalue weighted by molar-refractivity contribution is 5.36. The zero-order valence-electron chi connectivity index (χ0n) is 12.0. The third-order valence-corrected chi connectivity index (χ3v) is 4.37. The van der Waals surface area contributed by atoms with Gasteiger partial charge in [-0.3, -0.25) is 0 Å². The van der Waals surface area contributed by atoms with Crippen molar-refractivity contribution in [2.24, 2.45) is 23.0 Å². The van der Waals surface area contributed by atoms with Gasteiger partial charge >= 0.3 is 6.18 Å². The van der Waals surface area contributed by atoms with Crippen LogP contribution in [-0.4, -0.2) is 24.2 Å². The molecule has 0 amide bonds. The lowest BCUT2D eigenvalue weighted by atomic mass is 9.84. The fraction of sp³-hybridized carbons (Fsp3) is 0.600. The first kappa shape index (κ1) is 15.0. The van der Waals surface area contributed by atoms with Crippen LogP contribution in [0.1, 0.15) is 20.8 Å². The smallest absolute Gasteiger partial charge is 0.397 e. The van der Waals surface area contributed by atoms with Crippen LogP contribution in [0.4, 0.5) is 13.2 Å². The highest BCUT2D eigenvalue weighted by Crippen LogP contribution is 2.39. The van der Waals surface area contributed by atoms with Crippen LogP contribution in [0.3, 0.4) is 0 Å². The van der Waals surface area contributed by atoms with Crippen molar-refractivity contribution in [3.05, 3.63) is 35.7 Å². The molecular weight excluding hydrogens is 265 g/mol. The normalized spacial score (nSPS) is 30.0. The lowest BCUT2D eigenvalue weighted by Crippen LogP contribution is -2.28. The second kappa shape index (κ2) is 4.86. The lowest BCUT2D eigenvalue weighted by Gasteiger charge is -2.26. The van der Waals surface area contributed by atoms with Crippen molar-refractivity contribution in [1.29, 1.82) is 0 Å². The first-order chi connectivity index (χ1) is 9.11. The Kier molecular flexibility index (Phi) is 3.65. The average molecular weight is 286 g/mol. The van der Waals surface area contributed by atoms with Crippen molar-refractivity contribution in [3.8, 4) is 0 Å². The first-order valence-corrected chi connectivity index (χ1v) is 6.79. The highest BCUT2D eigenvalue weighted by Gasteiger charge is 2.40. The highest BCUT2D eigenvalue weighted by atomic mass is 19.4. The Morgan fingerprint density at radius 1 is 1.35 bits per heavy atom. The van der Waals surface area contributed by atoms with Gasteiger partial charge in [0.15, 0.2) is 0 Å². The van der Waals surface area contributed by atoms with Crippen LogP contribution in [0.5, 0.6) is 0 Å². The Morgan fingerprint density at radius 2 is 2.00 bits per heavy atom. The molecule has 2 nitrogen and oxygen atoms in total. The molecule has 2 unspecified atom stereocenters. The molecule has 0 aromatic carbocycles. The quantitative estimate of drug-likeness (QED) is 0.800. The van der Waals surface area contributed by atoms with Crippen molar-refractivity contribution in [3.63, 3.8) is 0 Å². The van der Waals surface area contributed by atoms with Gasteiger partial charge < -0.3 is 10.6 Å². The topological polar surface area (TPSA) is 29.3 Å². The number of hydrogen-bond acceptors (Lipinski definition) is 2. The minimum Gasteiger partial charge on any atom is -0.397 e. The summed E-state index contributed by atoms with van der Waals surface area (Å²) in [4.78, 5) is 1.97.